The van der Waals surface area contributed by atoms with Gasteiger partial charge in [0.2, 0.25) is 11.8 Å². The highest BCUT2D eigenvalue weighted by Crippen LogP contribution is 2.34. The fraction of sp³-hybridized carbons (Fsp3) is 0.688. The van der Waals surface area contributed by atoms with Crippen LogP contribution in [0.1, 0.15) is 65.2 Å². The highest BCUT2D eigenvalue weighted by molar-refractivity contribution is 6.19. The molecule has 0 spiro atoms. The molecule has 1 aliphatic rings. The van der Waals surface area contributed by atoms with Gasteiger partial charge in [0, 0.05) is 0 Å². The summed E-state index contributed by atoms with van der Waals surface area (Å²) in [5, 5.41) is 4.43. The lowest BCUT2D eigenvalue weighted by Crippen LogP contribution is -2.62. The van der Waals surface area contributed by atoms with E-state index >= 15 is 0 Å². The fourth-order valence-corrected chi connectivity index (χ4v) is 2.78. The zero-order chi connectivity index (χ0) is 15.9. The van der Waals surface area contributed by atoms with E-state index in [0.717, 1.165) is 24.8 Å². The first-order valence-corrected chi connectivity index (χ1v) is 7.73. The van der Waals surface area contributed by atoms with Crippen molar-refractivity contribution < 1.29 is 14.4 Å². The topological polar surface area (TPSA) is 75.3 Å². The van der Waals surface area contributed by atoms with Gasteiger partial charge >= 0.3 is 6.03 Å². The van der Waals surface area contributed by atoms with Gasteiger partial charge in [-0.3, -0.25) is 20.2 Å². The molecule has 0 aromatic carbocycles. The van der Waals surface area contributed by atoms with Crippen molar-refractivity contribution in [2.24, 2.45) is 5.41 Å². The summed E-state index contributed by atoms with van der Waals surface area (Å²) in [7, 11) is 0. The molecule has 0 aromatic rings. The number of rotatable bonds is 9. The average molecular weight is 294 g/mol. The summed E-state index contributed by atoms with van der Waals surface area (Å²) in [6, 6.07) is -0.731. The summed E-state index contributed by atoms with van der Waals surface area (Å²) in [4.78, 5) is 35.6. The number of hydrogen-bond acceptors (Lipinski definition) is 3. The van der Waals surface area contributed by atoms with Crippen molar-refractivity contribution in [3.05, 3.63) is 12.2 Å². The number of urea groups is 1. The molecule has 0 radical (unpaired) electrons. The number of barbiturate groups is 1. The van der Waals surface area contributed by atoms with Gasteiger partial charge in [-0.05, 0) is 19.8 Å². The summed E-state index contributed by atoms with van der Waals surface area (Å²) in [6.07, 6.45) is 7.22. The molecule has 0 atom stereocenters. The van der Waals surface area contributed by atoms with Crippen molar-refractivity contribution in [2.45, 2.75) is 65.2 Å². The van der Waals surface area contributed by atoms with E-state index in [-0.39, 0.29) is 6.42 Å². The third kappa shape index (κ3) is 4.69. The first kappa shape index (κ1) is 17.4. The molecule has 5 heteroatoms. The molecule has 0 aromatic heterocycles. The molecule has 0 aliphatic carbocycles. The summed E-state index contributed by atoms with van der Waals surface area (Å²) in [5.74, 6) is -0.986. The van der Waals surface area contributed by atoms with Gasteiger partial charge in [-0.1, -0.05) is 51.0 Å². The Balaban J connectivity index is 2.66. The molecule has 0 saturated carbocycles. The quantitative estimate of drug-likeness (QED) is 0.390. The first-order valence-electron chi connectivity index (χ1n) is 7.73. The maximum Gasteiger partial charge on any atom is 0.328 e. The Morgan fingerprint density at radius 2 is 1.52 bits per heavy atom. The van der Waals surface area contributed by atoms with Gasteiger partial charge in [0.25, 0.3) is 0 Å². The highest BCUT2D eigenvalue weighted by Gasteiger charge is 2.49. The largest absolute Gasteiger partial charge is 0.328 e. The average Bonchev–Trinajstić information content (AvgIpc) is 2.39. The van der Waals surface area contributed by atoms with E-state index in [0.29, 0.717) is 6.42 Å². The lowest BCUT2D eigenvalue weighted by Gasteiger charge is -2.34. The maximum atomic E-state index is 12.2. The first-order chi connectivity index (χ1) is 9.92. The minimum Gasteiger partial charge on any atom is -0.277 e. The molecule has 21 heavy (non-hydrogen) atoms. The second kappa shape index (κ2) is 7.96. The maximum absolute atomic E-state index is 12.2. The van der Waals surface area contributed by atoms with Crippen LogP contribution < -0.4 is 10.6 Å². The molecule has 1 rings (SSSR count). The van der Waals surface area contributed by atoms with Gasteiger partial charge in [-0.2, -0.15) is 0 Å². The van der Waals surface area contributed by atoms with Crippen molar-refractivity contribution >= 4 is 17.8 Å². The second-order valence-corrected chi connectivity index (χ2v) is 5.97. The molecule has 4 amide bonds. The summed E-state index contributed by atoms with van der Waals surface area (Å²) < 4.78 is 0. The molecule has 0 unspecified atom stereocenters. The van der Waals surface area contributed by atoms with Gasteiger partial charge in [0.05, 0.1) is 0 Å². The van der Waals surface area contributed by atoms with Crippen LogP contribution in [0.15, 0.2) is 12.2 Å². The van der Waals surface area contributed by atoms with Gasteiger partial charge in [-0.15, -0.1) is 6.58 Å². The van der Waals surface area contributed by atoms with E-state index in [1.807, 2.05) is 0 Å². The lowest BCUT2D eigenvalue weighted by atomic mass is 9.75. The molecule has 1 heterocycles. The van der Waals surface area contributed by atoms with Crippen molar-refractivity contribution in [1.82, 2.24) is 10.6 Å². The molecule has 1 aliphatic heterocycles. The molecule has 0 bridgehead atoms. The number of hydrogen-bond donors (Lipinski definition) is 2. The van der Waals surface area contributed by atoms with Crippen LogP contribution in [0, 0.1) is 5.41 Å². The number of carbonyl (C=O) groups is 3. The van der Waals surface area contributed by atoms with Crippen molar-refractivity contribution in [3.8, 4) is 0 Å². The third-order valence-electron chi connectivity index (χ3n) is 3.88. The standard InChI is InChI=1S/C16H26N2O3/c1-4-5-6-7-8-9-10-16(11-12(2)3)13(19)17-15(21)18-14(16)20/h2,4-11H2,1,3H3,(H2,17,18,19,20,21). The number of imide groups is 2. The Hall–Kier alpha value is -1.65. The molecule has 2 N–H and O–H groups in total. The van der Waals surface area contributed by atoms with Crippen LogP contribution in [-0.4, -0.2) is 17.8 Å². The van der Waals surface area contributed by atoms with Gasteiger partial charge in [0.15, 0.2) is 0 Å². The molecular formula is C16H26N2O3. The molecule has 1 fully saturated rings. The Morgan fingerprint density at radius 1 is 1.00 bits per heavy atom. The van der Waals surface area contributed by atoms with Gasteiger partial charge in [-0.25, -0.2) is 4.79 Å². The van der Waals surface area contributed by atoms with Crippen LogP contribution in [0.2, 0.25) is 0 Å². The molecular weight excluding hydrogens is 268 g/mol. The van der Waals surface area contributed by atoms with Crippen LogP contribution >= 0.6 is 0 Å². The Kier molecular flexibility index (Phi) is 6.59. The minimum absolute atomic E-state index is 0.285. The van der Waals surface area contributed by atoms with Gasteiger partial charge < -0.3 is 0 Å². The van der Waals surface area contributed by atoms with Crippen LogP contribution in [0.3, 0.4) is 0 Å². The van der Waals surface area contributed by atoms with Gasteiger partial charge in [0.1, 0.15) is 5.41 Å². The van der Waals surface area contributed by atoms with Crippen LogP contribution in [-0.2, 0) is 9.59 Å². The lowest BCUT2D eigenvalue weighted by molar-refractivity contribution is -0.145. The van der Waals surface area contributed by atoms with E-state index in [1.165, 1.54) is 19.3 Å². The van der Waals surface area contributed by atoms with Crippen LogP contribution in [0.25, 0.3) is 0 Å². The summed E-state index contributed by atoms with van der Waals surface area (Å²) >= 11 is 0. The van der Waals surface area contributed by atoms with E-state index in [4.69, 9.17) is 0 Å². The van der Waals surface area contributed by atoms with E-state index in [9.17, 15) is 14.4 Å². The van der Waals surface area contributed by atoms with E-state index in [1.54, 1.807) is 6.92 Å². The Bertz CT molecular complexity index is 409. The molecule has 5 nitrogen and oxygen atoms in total. The number of unbranched alkanes of at least 4 members (excludes halogenated alkanes) is 5. The third-order valence-corrected chi connectivity index (χ3v) is 3.88. The van der Waals surface area contributed by atoms with Crippen LogP contribution in [0.4, 0.5) is 4.79 Å². The second-order valence-electron chi connectivity index (χ2n) is 5.97. The smallest absolute Gasteiger partial charge is 0.277 e. The Labute approximate surface area is 126 Å². The number of amides is 4. The molecule has 1 saturated heterocycles. The van der Waals surface area contributed by atoms with Crippen LogP contribution in [0.5, 0.6) is 0 Å². The molecule has 118 valence electrons. The number of carbonyl (C=O) groups excluding carboxylic acids is 3. The zero-order valence-corrected chi connectivity index (χ0v) is 13.1. The van der Waals surface area contributed by atoms with Crippen molar-refractivity contribution in [1.29, 1.82) is 0 Å². The minimum atomic E-state index is -1.18. The van der Waals surface area contributed by atoms with Crippen molar-refractivity contribution in [2.75, 3.05) is 0 Å². The predicted octanol–water partition coefficient (Wildman–Crippen LogP) is 3.06. The Morgan fingerprint density at radius 3 is 2.05 bits per heavy atom. The number of nitrogens with one attached hydrogen (secondary N) is 2. The monoisotopic (exact) mass is 294 g/mol. The summed E-state index contributed by atoms with van der Waals surface area (Å²) in [5.41, 5.74) is -0.412. The van der Waals surface area contributed by atoms with Crippen molar-refractivity contribution in [3.63, 3.8) is 0 Å². The predicted molar refractivity (Wildman–Crippen MR) is 81.5 cm³/mol. The van der Waals surface area contributed by atoms with E-state index in [2.05, 4.69) is 24.1 Å². The zero-order valence-electron chi connectivity index (χ0n) is 13.1. The summed E-state index contributed by atoms with van der Waals surface area (Å²) in [6.45, 7) is 7.76. The fourth-order valence-electron chi connectivity index (χ4n) is 2.78. The number of allylic oxidation sites excluding steroid dienone is 1. The highest BCUT2D eigenvalue weighted by atomic mass is 16.2. The normalized spacial score (nSPS) is 17.3. The van der Waals surface area contributed by atoms with E-state index < -0.39 is 23.3 Å². The SMILES string of the molecule is C=C(C)CC1(CCCCCCCC)C(=O)NC(=O)NC1=O.